The summed E-state index contributed by atoms with van der Waals surface area (Å²) in [7, 11) is 0. The van der Waals surface area contributed by atoms with Crippen LogP contribution >= 0.6 is 15.9 Å². The number of halogens is 2. The molecular formula is C9H11BrFNO. The van der Waals surface area contributed by atoms with Crippen LogP contribution in [-0.2, 0) is 11.3 Å². The van der Waals surface area contributed by atoms with Gasteiger partial charge in [-0.1, -0.05) is 22.0 Å². The van der Waals surface area contributed by atoms with Gasteiger partial charge in [-0.2, -0.15) is 0 Å². The lowest BCUT2D eigenvalue weighted by Gasteiger charge is -2.04. The second-order valence-electron chi connectivity index (χ2n) is 2.58. The number of hydrogen-bond donors (Lipinski definition) is 1. The van der Waals surface area contributed by atoms with E-state index in [1.807, 2.05) is 0 Å². The highest BCUT2D eigenvalue weighted by Crippen LogP contribution is 2.18. The summed E-state index contributed by atoms with van der Waals surface area (Å²) in [5, 5.41) is 0. The molecule has 0 aliphatic heterocycles. The number of nitrogens with two attached hydrogens (primary N) is 1. The lowest BCUT2D eigenvalue weighted by molar-refractivity contribution is 0.127. The smallest absolute Gasteiger partial charge is 0.124 e. The maximum Gasteiger partial charge on any atom is 0.124 e. The van der Waals surface area contributed by atoms with Gasteiger partial charge in [0.15, 0.2) is 0 Å². The van der Waals surface area contributed by atoms with E-state index in [2.05, 4.69) is 15.9 Å². The Morgan fingerprint density at radius 3 is 2.85 bits per heavy atom. The van der Waals surface area contributed by atoms with Gasteiger partial charge in [-0.25, -0.2) is 4.39 Å². The van der Waals surface area contributed by atoms with Crippen LogP contribution in [-0.4, -0.2) is 13.2 Å². The largest absolute Gasteiger partial charge is 0.375 e. The van der Waals surface area contributed by atoms with Crippen LogP contribution in [0.3, 0.4) is 0 Å². The monoisotopic (exact) mass is 247 g/mol. The minimum atomic E-state index is -0.255. The summed E-state index contributed by atoms with van der Waals surface area (Å²) in [5.41, 5.74) is 6.18. The normalized spacial score (nSPS) is 10.4. The molecular weight excluding hydrogens is 237 g/mol. The predicted octanol–water partition coefficient (Wildman–Crippen LogP) is 2.06. The highest BCUT2D eigenvalue weighted by Gasteiger charge is 2.00. The van der Waals surface area contributed by atoms with Gasteiger partial charge in [-0.3, -0.25) is 0 Å². The molecule has 0 spiro atoms. The van der Waals surface area contributed by atoms with E-state index < -0.39 is 0 Å². The van der Waals surface area contributed by atoms with E-state index in [1.54, 1.807) is 6.07 Å². The fraction of sp³-hybridized carbons (Fsp3) is 0.333. The van der Waals surface area contributed by atoms with Gasteiger partial charge in [0.25, 0.3) is 0 Å². The first-order valence-corrected chi connectivity index (χ1v) is 4.75. The summed E-state index contributed by atoms with van der Waals surface area (Å²) in [6, 6.07) is 4.52. The van der Waals surface area contributed by atoms with Crippen molar-refractivity contribution in [1.29, 1.82) is 0 Å². The molecule has 0 atom stereocenters. The predicted molar refractivity (Wildman–Crippen MR) is 52.8 cm³/mol. The first-order chi connectivity index (χ1) is 6.24. The third-order valence-electron chi connectivity index (χ3n) is 1.53. The molecule has 1 aromatic rings. The molecule has 0 aromatic heterocycles. The van der Waals surface area contributed by atoms with Crippen molar-refractivity contribution in [3.8, 4) is 0 Å². The average Bonchev–Trinajstić information content (AvgIpc) is 2.09. The third kappa shape index (κ3) is 3.42. The zero-order valence-electron chi connectivity index (χ0n) is 7.09. The summed E-state index contributed by atoms with van der Waals surface area (Å²) in [5.74, 6) is -0.255. The van der Waals surface area contributed by atoms with Crippen molar-refractivity contribution in [2.24, 2.45) is 5.73 Å². The third-order valence-corrected chi connectivity index (χ3v) is 2.27. The fourth-order valence-electron chi connectivity index (χ4n) is 0.904. The first-order valence-electron chi connectivity index (χ1n) is 3.96. The molecule has 0 bridgehead atoms. The topological polar surface area (TPSA) is 35.2 Å². The van der Waals surface area contributed by atoms with Crippen LogP contribution in [0.1, 0.15) is 5.56 Å². The molecule has 0 aliphatic rings. The number of hydrogen-bond acceptors (Lipinski definition) is 2. The Kier molecular flexibility index (Phi) is 4.35. The number of benzene rings is 1. The van der Waals surface area contributed by atoms with Gasteiger partial charge in [0.2, 0.25) is 0 Å². The molecule has 72 valence electrons. The molecule has 1 rings (SSSR count). The van der Waals surface area contributed by atoms with E-state index in [1.165, 1.54) is 12.1 Å². The van der Waals surface area contributed by atoms with Crippen LogP contribution in [0.4, 0.5) is 4.39 Å². The van der Waals surface area contributed by atoms with Crippen molar-refractivity contribution in [3.63, 3.8) is 0 Å². The zero-order chi connectivity index (χ0) is 9.68. The minimum absolute atomic E-state index is 0.255. The van der Waals surface area contributed by atoms with Crippen molar-refractivity contribution in [1.82, 2.24) is 0 Å². The van der Waals surface area contributed by atoms with Crippen molar-refractivity contribution in [2.45, 2.75) is 6.61 Å². The molecule has 2 N–H and O–H groups in total. The van der Waals surface area contributed by atoms with E-state index in [-0.39, 0.29) is 5.82 Å². The van der Waals surface area contributed by atoms with Crippen LogP contribution in [0.15, 0.2) is 22.7 Å². The lowest BCUT2D eigenvalue weighted by Crippen LogP contribution is -2.08. The summed E-state index contributed by atoms with van der Waals surface area (Å²) < 4.78 is 18.6. The summed E-state index contributed by atoms with van der Waals surface area (Å²) in [6.45, 7) is 1.47. The zero-order valence-corrected chi connectivity index (χ0v) is 8.68. The molecule has 0 saturated heterocycles. The van der Waals surface area contributed by atoms with Gasteiger partial charge < -0.3 is 10.5 Å². The van der Waals surface area contributed by atoms with Crippen molar-refractivity contribution >= 4 is 15.9 Å². The van der Waals surface area contributed by atoms with Gasteiger partial charge in [0, 0.05) is 11.0 Å². The molecule has 0 aliphatic carbocycles. The highest BCUT2D eigenvalue weighted by atomic mass is 79.9. The molecule has 1 aromatic carbocycles. The molecule has 0 saturated carbocycles. The van der Waals surface area contributed by atoms with Crippen LogP contribution in [0.25, 0.3) is 0 Å². The summed E-state index contributed by atoms with van der Waals surface area (Å²) in [6.07, 6.45) is 0. The average molecular weight is 248 g/mol. The van der Waals surface area contributed by atoms with Crippen molar-refractivity contribution < 1.29 is 9.13 Å². The molecule has 0 radical (unpaired) electrons. The van der Waals surface area contributed by atoms with E-state index in [0.717, 1.165) is 10.0 Å². The van der Waals surface area contributed by atoms with Gasteiger partial charge in [0.05, 0.1) is 13.2 Å². The van der Waals surface area contributed by atoms with Gasteiger partial charge in [0.1, 0.15) is 5.82 Å². The molecule has 2 nitrogen and oxygen atoms in total. The van der Waals surface area contributed by atoms with Crippen LogP contribution in [0, 0.1) is 5.82 Å². The van der Waals surface area contributed by atoms with Crippen LogP contribution in [0.5, 0.6) is 0 Å². The number of ether oxygens (including phenoxy) is 1. The lowest BCUT2D eigenvalue weighted by atomic mass is 10.2. The Morgan fingerprint density at radius 2 is 2.23 bits per heavy atom. The highest BCUT2D eigenvalue weighted by molar-refractivity contribution is 9.10. The van der Waals surface area contributed by atoms with Gasteiger partial charge in [-0.05, 0) is 17.7 Å². The quantitative estimate of drug-likeness (QED) is 0.828. The van der Waals surface area contributed by atoms with E-state index >= 15 is 0 Å². The maximum atomic E-state index is 12.6. The Balaban J connectivity index is 2.56. The molecule has 0 heterocycles. The Labute approximate surface area is 85.0 Å². The van der Waals surface area contributed by atoms with E-state index in [9.17, 15) is 4.39 Å². The minimum Gasteiger partial charge on any atom is -0.375 e. The molecule has 0 fully saturated rings. The second kappa shape index (κ2) is 5.32. The fourth-order valence-corrected chi connectivity index (χ4v) is 1.37. The van der Waals surface area contributed by atoms with E-state index in [4.69, 9.17) is 10.5 Å². The Morgan fingerprint density at radius 1 is 1.46 bits per heavy atom. The van der Waals surface area contributed by atoms with Crippen molar-refractivity contribution in [3.05, 3.63) is 34.1 Å². The maximum absolute atomic E-state index is 12.6. The van der Waals surface area contributed by atoms with Crippen molar-refractivity contribution in [2.75, 3.05) is 13.2 Å². The van der Waals surface area contributed by atoms with Gasteiger partial charge >= 0.3 is 0 Å². The molecule has 13 heavy (non-hydrogen) atoms. The Hall–Kier alpha value is -0.450. The number of rotatable bonds is 4. The SMILES string of the molecule is NCCOCc1ccc(F)cc1Br. The second-order valence-corrected chi connectivity index (χ2v) is 3.43. The summed E-state index contributed by atoms with van der Waals surface area (Å²) >= 11 is 3.25. The molecule has 0 amide bonds. The summed E-state index contributed by atoms with van der Waals surface area (Å²) in [4.78, 5) is 0. The first kappa shape index (κ1) is 10.6. The molecule has 0 unspecified atom stereocenters. The van der Waals surface area contributed by atoms with Crippen LogP contribution in [0.2, 0.25) is 0 Å². The Bertz CT molecular complexity index is 280. The molecule has 4 heteroatoms. The van der Waals surface area contributed by atoms with Gasteiger partial charge in [-0.15, -0.1) is 0 Å². The van der Waals surface area contributed by atoms with E-state index in [0.29, 0.717) is 19.8 Å². The van der Waals surface area contributed by atoms with Crippen LogP contribution < -0.4 is 5.73 Å². The standard InChI is InChI=1S/C9H11BrFNO/c10-9-5-8(11)2-1-7(9)6-13-4-3-12/h1-2,5H,3-4,6,12H2.